The zero-order valence-corrected chi connectivity index (χ0v) is 13.2. The molecular weight excluding hydrogens is 304 g/mol. The first kappa shape index (κ1) is 14.8. The third-order valence-corrected chi connectivity index (χ3v) is 4.17. The van der Waals surface area contributed by atoms with E-state index in [-0.39, 0.29) is 6.10 Å². The highest BCUT2D eigenvalue weighted by Gasteiger charge is 2.19. The van der Waals surface area contributed by atoms with E-state index in [1.807, 2.05) is 42.5 Å². The van der Waals surface area contributed by atoms with Crippen molar-refractivity contribution in [1.82, 2.24) is 15.1 Å². The second-order valence-electron chi connectivity index (χ2n) is 5.94. The van der Waals surface area contributed by atoms with Gasteiger partial charge in [0.2, 0.25) is 5.82 Å². The van der Waals surface area contributed by atoms with Gasteiger partial charge >= 0.3 is 0 Å². The van der Waals surface area contributed by atoms with Gasteiger partial charge in [-0.05, 0) is 25.0 Å². The fourth-order valence-corrected chi connectivity index (χ4v) is 2.91. The first-order chi connectivity index (χ1) is 11.8. The van der Waals surface area contributed by atoms with Gasteiger partial charge in [0.25, 0.3) is 5.89 Å². The van der Waals surface area contributed by atoms with Crippen LogP contribution in [0.3, 0.4) is 0 Å². The molecule has 1 aliphatic rings. The van der Waals surface area contributed by atoms with E-state index in [9.17, 15) is 5.11 Å². The maximum atomic E-state index is 9.78. The molecule has 0 spiro atoms. The zero-order valence-electron chi connectivity index (χ0n) is 13.2. The summed E-state index contributed by atoms with van der Waals surface area (Å²) in [5.74, 6) is 1.88. The Morgan fingerprint density at radius 3 is 2.71 bits per heavy atom. The molecule has 0 aliphatic carbocycles. The molecule has 1 atom stereocenters. The van der Waals surface area contributed by atoms with E-state index in [1.54, 1.807) is 6.20 Å². The maximum Gasteiger partial charge on any atom is 0.259 e. The number of benzene rings is 1. The van der Waals surface area contributed by atoms with Crippen molar-refractivity contribution in [3.63, 3.8) is 0 Å². The number of aliphatic hydroxyl groups excluding tert-OH is 1. The molecule has 1 N–H and O–H groups in total. The molecule has 2 aromatic heterocycles. The molecule has 0 saturated carbocycles. The Kier molecular flexibility index (Phi) is 3.96. The molecule has 0 amide bonds. The zero-order chi connectivity index (χ0) is 16.4. The molecule has 122 valence electrons. The van der Waals surface area contributed by atoms with Crippen LogP contribution in [-0.4, -0.2) is 39.4 Å². The van der Waals surface area contributed by atoms with Gasteiger partial charge in [0, 0.05) is 24.8 Å². The molecule has 1 fully saturated rings. The summed E-state index contributed by atoms with van der Waals surface area (Å²) in [6.45, 7) is 1.55. The number of anilines is 1. The van der Waals surface area contributed by atoms with Crippen molar-refractivity contribution in [3.8, 4) is 22.8 Å². The number of hydrogen-bond donors (Lipinski definition) is 1. The number of pyridine rings is 1. The fraction of sp³-hybridized carbons (Fsp3) is 0.278. The van der Waals surface area contributed by atoms with E-state index in [0.29, 0.717) is 18.3 Å². The molecule has 1 saturated heterocycles. The monoisotopic (exact) mass is 322 g/mol. The average molecular weight is 322 g/mol. The van der Waals surface area contributed by atoms with Crippen molar-refractivity contribution in [2.24, 2.45) is 0 Å². The molecule has 6 heteroatoms. The van der Waals surface area contributed by atoms with E-state index in [0.717, 1.165) is 36.3 Å². The first-order valence-electron chi connectivity index (χ1n) is 8.08. The summed E-state index contributed by atoms with van der Waals surface area (Å²) >= 11 is 0. The van der Waals surface area contributed by atoms with Crippen LogP contribution in [0.5, 0.6) is 0 Å². The van der Waals surface area contributed by atoms with Gasteiger partial charge < -0.3 is 14.5 Å². The van der Waals surface area contributed by atoms with Crippen molar-refractivity contribution in [3.05, 3.63) is 48.7 Å². The number of rotatable bonds is 3. The van der Waals surface area contributed by atoms with Gasteiger partial charge in [0.1, 0.15) is 5.82 Å². The van der Waals surface area contributed by atoms with Gasteiger partial charge in [0.05, 0.1) is 11.7 Å². The van der Waals surface area contributed by atoms with Crippen LogP contribution in [0, 0.1) is 0 Å². The topological polar surface area (TPSA) is 75.3 Å². The minimum atomic E-state index is -0.274. The summed E-state index contributed by atoms with van der Waals surface area (Å²) in [7, 11) is 0. The quantitative estimate of drug-likeness (QED) is 0.799. The number of aliphatic hydroxyl groups is 1. The predicted octanol–water partition coefficient (Wildman–Crippen LogP) is 2.76. The van der Waals surface area contributed by atoms with E-state index in [4.69, 9.17) is 4.52 Å². The highest BCUT2D eigenvalue weighted by atomic mass is 16.5. The van der Waals surface area contributed by atoms with Crippen LogP contribution in [0.25, 0.3) is 22.8 Å². The lowest BCUT2D eigenvalue weighted by atomic mass is 10.1. The van der Waals surface area contributed by atoms with Gasteiger partial charge in [0.15, 0.2) is 0 Å². The molecule has 24 heavy (non-hydrogen) atoms. The van der Waals surface area contributed by atoms with Gasteiger partial charge in [-0.15, -0.1) is 0 Å². The van der Waals surface area contributed by atoms with Crippen molar-refractivity contribution >= 4 is 5.82 Å². The minimum absolute atomic E-state index is 0.274. The highest BCUT2D eigenvalue weighted by molar-refractivity contribution is 5.60. The van der Waals surface area contributed by atoms with Crippen molar-refractivity contribution in [2.75, 3.05) is 18.0 Å². The van der Waals surface area contributed by atoms with E-state index in [1.165, 1.54) is 0 Å². The summed E-state index contributed by atoms with van der Waals surface area (Å²) in [5.41, 5.74) is 1.70. The standard InChI is InChI=1S/C18H18N4O2/c23-15-7-4-10-22(12-15)16-9-8-14(11-19-16)18-20-17(21-24-18)13-5-2-1-3-6-13/h1-3,5-6,8-9,11,15,23H,4,7,10,12H2. The van der Waals surface area contributed by atoms with Crippen molar-refractivity contribution in [2.45, 2.75) is 18.9 Å². The van der Waals surface area contributed by atoms with Crippen LogP contribution in [0.4, 0.5) is 5.82 Å². The van der Waals surface area contributed by atoms with Crippen LogP contribution < -0.4 is 4.90 Å². The first-order valence-corrected chi connectivity index (χ1v) is 8.08. The predicted molar refractivity (Wildman–Crippen MR) is 90.4 cm³/mol. The maximum absolute atomic E-state index is 9.78. The third-order valence-electron chi connectivity index (χ3n) is 4.17. The molecule has 3 heterocycles. The van der Waals surface area contributed by atoms with Crippen LogP contribution in [0.1, 0.15) is 12.8 Å². The van der Waals surface area contributed by atoms with Crippen LogP contribution >= 0.6 is 0 Å². The van der Waals surface area contributed by atoms with Gasteiger partial charge in [-0.1, -0.05) is 35.5 Å². The number of hydrogen-bond acceptors (Lipinski definition) is 6. The molecule has 0 bridgehead atoms. The molecule has 1 aromatic carbocycles. The van der Waals surface area contributed by atoms with E-state index >= 15 is 0 Å². The van der Waals surface area contributed by atoms with Gasteiger partial charge in [-0.3, -0.25) is 0 Å². The Balaban J connectivity index is 1.54. The smallest absolute Gasteiger partial charge is 0.259 e. The molecule has 1 aliphatic heterocycles. The number of β-amino-alcohol motifs (C(OH)–C–C–N with tert-alkyl or cyclic N) is 1. The Bertz CT molecular complexity index is 801. The SMILES string of the molecule is OC1CCCN(c2ccc(-c3nc(-c4ccccc4)no3)cn2)C1. The molecule has 0 radical (unpaired) electrons. The Hall–Kier alpha value is -2.73. The molecule has 4 rings (SSSR count). The van der Waals surface area contributed by atoms with Crippen LogP contribution in [0.15, 0.2) is 53.2 Å². The van der Waals surface area contributed by atoms with E-state index < -0.39 is 0 Å². The molecule has 3 aromatic rings. The van der Waals surface area contributed by atoms with Crippen LogP contribution in [-0.2, 0) is 0 Å². The second-order valence-corrected chi connectivity index (χ2v) is 5.94. The fourth-order valence-electron chi connectivity index (χ4n) is 2.91. The van der Waals surface area contributed by atoms with Crippen molar-refractivity contribution in [1.29, 1.82) is 0 Å². The largest absolute Gasteiger partial charge is 0.391 e. The summed E-state index contributed by atoms with van der Waals surface area (Å²) in [6, 6.07) is 13.6. The summed E-state index contributed by atoms with van der Waals surface area (Å²) < 4.78 is 5.35. The second kappa shape index (κ2) is 6.41. The lowest BCUT2D eigenvalue weighted by molar-refractivity contribution is 0.154. The number of piperidine rings is 1. The van der Waals surface area contributed by atoms with Gasteiger partial charge in [-0.25, -0.2) is 4.98 Å². The summed E-state index contributed by atoms with van der Waals surface area (Å²) in [5, 5.41) is 13.8. The Labute approximate surface area is 139 Å². The number of aromatic nitrogens is 3. The normalized spacial score (nSPS) is 17.9. The minimum Gasteiger partial charge on any atom is -0.391 e. The molecule has 6 nitrogen and oxygen atoms in total. The Morgan fingerprint density at radius 1 is 1.08 bits per heavy atom. The highest BCUT2D eigenvalue weighted by Crippen LogP contribution is 2.24. The van der Waals surface area contributed by atoms with Crippen molar-refractivity contribution < 1.29 is 9.63 Å². The lowest BCUT2D eigenvalue weighted by Crippen LogP contribution is -2.38. The summed E-state index contributed by atoms with van der Waals surface area (Å²) in [4.78, 5) is 11.0. The Morgan fingerprint density at radius 2 is 1.96 bits per heavy atom. The number of nitrogens with zero attached hydrogens (tertiary/aromatic N) is 4. The van der Waals surface area contributed by atoms with Gasteiger partial charge in [-0.2, -0.15) is 4.98 Å². The lowest BCUT2D eigenvalue weighted by Gasteiger charge is -2.30. The van der Waals surface area contributed by atoms with Crippen LogP contribution in [0.2, 0.25) is 0 Å². The molecular formula is C18H18N4O2. The average Bonchev–Trinajstić information content (AvgIpc) is 3.13. The molecule has 1 unspecified atom stereocenters. The summed E-state index contributed by atoms with van der Waals surface area (Å²) in [6.07, 6.45) is 3.30. The third kappa shape index (κ3) is 3.00. The van der Waals surface area contributed by atoms with E-state index in [2.05, 4.69) is 20.0 Å².